The first-order chi connectivity index (χ1) is 22.9. The molecule has 0 spiro atoms. The summed E-state index contributed by atoms with van der Waals surface area (Å²) in [6, 6.07) is 61.7. The van der Waals surface area contributed by atoms with E-state index in [1.54, 1.807) is 0 Å². The van der Waals surface area contributed by atoms with Crippen LogP contribution in [0.25, 0.3) is 76.8 Å². The summed E-state index contributed by atoms with van der Waals surface area (Å²) in [5.41, 5.74) is 10.0. The van der Waals surface area contributed by atoms with Crippen LogP contribution in [0, 0.1) is 0 Å². The number of hydrogen-bond donors (Lipinski definition) is 0. The maximum atomic E-state index is 2.30. The van der Waals surface area contributed by atoms with Crippen molar-refractivity contribution >= 4 is 32.3 Å². The SMILES string of the molecule is CC.CC.c1ccc(-c2c3ccccc3c(-c3ccccc3)c3c(-c4ccccc4)c4ccccc4c(-c4ccccc4)c23)cc1. The smallest absolute Gasteiger partial charge is 0.000139 e. The monoisotopic (exact) mass is 592 g/mol. The molecule has 0 unspecified atom stereocenters. The van der Waals surface area contributed by atoms with Crippen LogP contribution in [-0.4, -0.2) is 0 Å². The third-order valence-corrected chi connectivity index (χ3v) is 8.43. The average Bonchev–Trinajstić information content (AvgIpc) is 3.16. The highest BCUT2D eigenvalue weighted by Crippen LogP contribution is 2.53. The molecule has 0 saturated carbocycles. The van der Waals surface area contributed by atoms with Gasteiger partial charge < -0.3 is 0 Å². The van der Waals surface area contributed by atoms with Crippen molar-refractivity contribution in [2.24, 2.45) is 0 Å². The molecule has 0 saturated heterocycles. The first kappa shape index (κ1) is 30.6. The first-order valence-electron chi connectivity index (χ1n) is 16.5. The number of hydrogen-bond acceptors (Lipinski definition) is 0. The standard InChI is InChI=1S/C42H28.2C2H6/c1-5-17-29(18-6-1)37-33-25-13-14-26-34(33)39(31-21-9-3-10-22-31)42-40(32-23-11-4-12-24-32)36-28-16-15-27-35(36)38(41(37)42)30-19-7-2-8-20-30;2*1-2/h1-28H;2*1-2H3. The van der Waals surface area contributed by atoms with Crippen LogP contribution in [0.3, 0.4) is 0 Å². The molecule has 8 aromatic rings. The normalized spacial score (nSPS) is 10.6. The van der Waals surface area contributed by atoms with Gasteiger partial charge in [0.25, 0.3) is 0 Å². The van der Waals surface area contributed by atoms with Crippen molar-refractivity contribution < 1.29 is 0 Å². The Labute approximate surface area is 273 Å². The summed E-state index contributed by atoms with van der Waals surface area (Å²) in [7, 11) is 0. The zero-order valence-corrected chi connectivity index (χ0v) is 27.2. The van der Waals surface area contributed by atoms with Crippen LogP contribution < -0.4 is 0 Å². The van der Waals surface area contributed by atoms with Gasteiger partial charge in [-0.15, -0.1) is 0 Å². The second kappa shape index (κ2) is 14.1. The highest BCUT2D eigenvalue weighted by Gasteiger charge is 2.25. The molecule has 0 heterocycles. The summed E-state index contributed by atoms with van der Waals surface area (Å²) in [5, 5.41) is 7.65. The van der Waals surface area contributed by atoms with Gasteiger partial charge in [-0.25, -0.2) is 0 Å². The van der Waals surface area contributed by atoms with Gasteiger partial charge >= 0.3 is 0 Å². The van der Waals surface area contributed by atoms with E-state index in [0.29, 0.717) is 0 Å². The molecule has 0 aliphatic heterocycles. The minimum atomic E-state index is 1.23. The predicted molar refractivity (Wildman–Crippen MR) is 203 cm³/mol. The lowest BCUT2D eigenvalue weighted by atomic mass is 9.77. The molecule has 0 amide bonds. The van der Waals surface area contributed by atoms with Crippen molar-refractivity contribution in [3.63, 3.8) is 0 Å². The Hall–Kier alpha value is -5.46. The average molecular weight is 593 g/mol. The lowest BCUT2D eigenvalue weighted by Gasteiger charge is -2.25. The molecule has 0 aliphatic rings. The first-order valence-corrected chi connectivity index (χ1v) is 16.5. The fraction of sp³-hybridized carbons (Fsp3) is 0.0870. The van der Waals surface area contributed by atoms with Crippen LogP contribution in [0.4, 0.5) is 0 Å². The molecular formula is C46H40. The molecule has 0 atom stereocenters. The quantitative estimate of drug-likeness (QED) is 0.178. The largest absolute Gasteiger partial charge is 0.0683 e. The molecule has 46 heavy (non-hydrogen) atoms. The summed E-state index contributed by atoms with van der Waals surface area (Å²) in [6.45, 7) is 8.00. The highest BCUT2D eigenvalue weighted by molar-refractivity contribution is 6.33. The van der Waals surface area contributed by atoms with E-state index in [9.17, 15) is 0 Å². The van der Waals surface area contributed by atoms with Gasteiger partial charge in [-0.2, -0.15) is 0 Å². The van der Waals surface area contributed by atoms with Crippen molar-refractivity contribution in [1.29, 1.82) is 0 Å². The Morgan fingerprint density at radius 1 is 0.217 bits per heavy atom. The predicted octanol–water partition coefficient (Wildman–Crippen LogP) is 13.9. The van der Waals surface area contributed by atoms with Crippen molar-refractivity contribution in [3.05, 3.63) is 170 Å². The van der Waals surface area contributed by atoms with E-state index < -0.39 is 0 Å². The van der Waals surface area contributed by atoms with Gasteiger partial charge in [0, 0.05) is 0 Å². The zero-order chi connectivity index (χ0) is 31.9. The molecule has 224 valence electrons. The zero-order valence-electron chi connectivity index (χ0n) is 27.2. The lowest BCUT2D eigenvalue weighted by Crippen LogP contribution is -1.97. The Balaban J connectivity index is 0.000000896. The van der Waals surface area contributed by atoms with Crippen molar-refractivity contribution in [2.45, 2.75) is 27.7 Å². The summed E-state index contributed by atoms with van der Waals surface area (Å²) in [4.78, 5) is 0. The second-order valence-electron chi connectivity index (χ2n) is 10.8. The van der Waals surface area contributed by atoms with Crippen LogP contribution in [0.15, 0.2) is 170 Å². The second-order valence-corrected chi connectivity index (χ2v) is 10.8. The van der Waals surface area contributed by atoms with E-state index in [4.69, 9.17) is 0 Å². The van der Waals surface area contributed by atoms with Gasteiger partial charge in [-0.05, 0) is 76.8 Å². The lowest BCUT2D eigenvalue weighted by molar-refractivity contribution is 1.50. The van der Waals surface area contributed by atoms with Gasteiger partial charge in [0.05, 0.1) is 0 Å². The Morgan fingerprint density at radius 3 is 0.587 bits per heavy atom. The number of benzene rings is 8. The Bertz CT molecular complexity index is 1880. The summed E-state index contributed by atoms with van der Waals surface area (Å²) < 4.78 is 0. The maximum Gasteiger partial charge on any atom is -0.000139 e. The molecule has 0 aliphatic carbocycles. The molecule has 8 aromatic carbocycles. The Morgan fingerprint density at radius 2 is 0.391 bits per heavy atom. The van der Waals surface area contributed by atoms with E-state index in [1.807, 2.05) is 27.7 Å². The third-order valence-electron chi connectivity index (χ3n) is 8.43. The Kier molecular flexibility index (Phi) is 9.37. The van der Waals surface area contributed by atoms with Crippen LogP contribution in [0.5, 0.6) is 0 Å². The van der Waals surface area contributed by atoms with Crippen LogP contribution in [0.2, 0.25) is 0 Å². The fourth-order valence-electron chi connectivity index (χ4n) is 6.75. The minimum absolute atomic E-state index is 1.23. The molecule has 0 aromatic heterocycles. The molecule has 8 rings (SSSR count). The van der Waals surface area contributed by atoms with Crippen LogP contribution in [-0.2, 0) is 0 Å². The van der Waals surface area contributed by atoms with E-state index in [-0.39, 0.29) is 0 Å². The van der Waals surface area contributed by atoms with E-state index in [2.05, 4.69) is 170 Å². The summed E-state index contributed by atoms with van der Waals surface area (Å²) in [5.74, 6) is 0. The molecule has 0 radical (unpaired) electrons. The third kappa shape index (κ3) is 5.37. The van der Waals surface area contributed by atoms with Crippen molar-refractivity contribution in [2.75, 3.05) is 0 Å². The van der Waals surface area contributed by atoms with E-state index in [1.165, 1.54) is 76.8 Å². The fourth-order valence-corrected chi connectivity index (χ4v) is 6.75. The number of rotatable bonds is 4. The molecule has 0 fully saturated rings. The van der Waals surface area contributed by atoms with Gasteiger partial charge in [0.2, 0.25) is 0 Å². The minimum Gasteiger partial charge on any atom is -0.0683 e. The summed E-state index contributed by atoms with van der Waals surface area (Å²) >= 11 is 0. The molecule has 0 N–H and O–H groups in total. The topological polar surface area (TPSA) is 0 Å². The summed E-state index contributed by atoms with van der Waals surface area (Å²) in [6.07, 6.45) is 0. The van der Waals surface area contributed by atoms with Crippen molar-refractivity contribution in [3.8, 4) is 44.5 Å². The van der Waals surface area contributed by atoms with Crippen LogP contribution in [0.1, 0.15) is 27.7 Å². The van der Waals surface area contributed by atoms with E-state index >= 15 is 0 Å². The molecule has 0 bridgehead atoms. The van der Waals surface area contributed by atoms with Gasteiger partial charge in [-0.1, -0.05) is 198 Å². The van der Waals surface area contributed by atoms with Crippen LogP contribution >= 0.6 is 0 Å². The van der Waals surface area contributed by atoms with Gasteiger partial charge in [-0.3, -0.25) is 0 Å². The van der Waals surface area contributed by atoms with Crippen molar-refractivity contribution in [1.82, 2.24) is 0 Å². The van der Waals surface area contributed by atoms with E-state index in [0.717, 1.165) is 0 Å². The number of fused-ring (bicyclic) bond motifs is 3. The molecule has 0 heteroatoms. The molecular weight excluding hydrogens is 553 g/mol. The highest BCUT2D eigenvalue weighted by atomic mass is 14.3. The van der Waals surface area contributed by atoms with Gasteiger partial charge in [0.1, 0.15) is 0 Å². The maximum absolute atomic E-state index is 2.30. The molecule has 0 nitrogen and oxygen atoms in total. The van der Waals surface area contributed by atoms with Gasteiger partial charge in [0.15, 0.2) is 0 Å².